The molecule has 1 atom stereocenters. The quantitative estimate of drug-likeness (QED) is 0.746. The molecule has 0 aromatic carbocycles. The highest BCUT2D eigenvalue weighted by Gasteiger charge is 2.32. The van der Waals surface area contributed by atoms with E-state index in [-0.39, 0.29) is 6.04 Å². The number of carbonyl (C=O) groups is 1. The monoisotopic (exact) mass is 212 g/mol. The van der Waals surface area contributed by atoms with E-state index in [4.69, 9.17) is 9.52 Å². The van der Waals surface area contributed by atoms with Crippen molar-refractivity contribution in [2.75, 3.05) is 6.54 Å². The lowest BCUT2D eigenvalue weighted by atomic mass is 10.2. The molecule has 1 unspecified atom stereocenters. The molecule has 0 spiro atoms. The van der Waals surface area contributed by atoms with Crippen molar-refractivity contribution in [2.24, 2.45) is 7.05 Å². The molecule has 0 radical (unpaired) electrons. The Bertz CT molecular complexity index is 434. The van der Waals surface area contributed by atoms with Crippen LogP contribution in [0.2, 0.25) is 0 Å². The van der Waals surface area contributed by atoms with Crippen LogP contribution >= 0.6 is 0 Å². The minimum atomic E-state index is -0.969. The average molecular weight is 212 g/mol. The summed E-state index contributed by atoms with van der Waals surface area (Å²) in [6, 6.07) is -0.309. The van der Waals surface area contributed by atoms with E-state index in [2.05, 4.69) is 0 Å². The standard InChI is InChI=1S/C9H12N2O4/c1-10-5-7(15-9(10)14)6-3-2-4-11(6)8(12)13/h5-6H,2-4H2,1H3,(H,12,13). The minimum Gasteiger partial charge on any atom is -0.465 e. The summed E-state index contributed by atoms with van der Waals surface area (Å²) in [4.78, 5) is 23.3. The summed E-state index contributed by atoms with van der Waals surface area (Å²) in [7, 11) is 1.58. The van der Waals surface area contributed by atoms with Crippen LogP contribution in [0.5, 0.6) is 0 Å². The molecule has 82 valence electrons. The van der Waals surface area contributed by atoms with Gasteiger partial charge in [0.15, 0.2) is 0 Å². The molecule has 0 bridgehead atoms. The van der Waals surface area contributed by atoms with Crippen LogP contribution in [-0.4, -0.2) is 27.2 Å². The van der Waals surface area contributed by atoms with Crippen molar-refractivity contribution in [3.63, 3.8) is 0 Å². The highest BCUT2D eigenvalue weighted by molar-refractivity contribution is 5.66. The van der Waals surface area contributed by atoms with Crippen LogP contribution in [0, 0.1) is 0 Å². The van der Waals surface area contributed by atoms with Crippen molar-refractivity contribution in [2.45, 2.75) is 18.9 Å². The predicted octanol–water partition coefficient (Wildman–Crippen LogP) is 0.793. The maximum atomic E-state index is 11.1. The second-order valence-corrected chi connectivity index (χ2v) is 3.64. The van der Waals surface area contributed by atoms with Gasteiger partial charge >= 0.3 is 11.8 Å². The van der Waals surface area contributed by atoms with Crippen LogP contribution in [0.3, 0.4) is 0 Å². The molecular weight excluding hydrogens is 200 g/mol. The smallest absolute Gasteiger partial charge is 0.418 e. The van der Waals surface area contributed by atoms with E-state index in [1.54, 1.807) is 13.2 Å². The van der Waals surface area contributed by atoms with Gasteiger partial charge in [-0.25, -0.2) is 9.59 Å². The van der Waals surface area contributed by atoms with E-state index >= 15 is 0 Å². The van der Waals surface area contributed by atoms with Crippen LogP contribution in [0.4, 0.5) is 4.79 Å². The van der Waals surface area contributed by atoms with Gasteiger partial charge in [0, 0.05) is 13.6 Å². The van der Waals surface area contributed by atoms with Gasteiger partial charge in [-0.2, -0.15) is 0 Å². The molecule has 2 heterocycles. The van der Waals surface area contributed by atoms with Gasteiger partial charge in [-0.05, 0) is 12.8 Å². The minimum absolute atomic E-state index is 0.309. The molecule has 1 N–H and O–H groups in total. The SMILES string of the molecule is Cn1cc(C2CCCN2C(=O)O)oc1=O. The lowest BCUT2D eigenvalue weighted by Crippen LogP contribution is -2.28. The average Bonchev–Trinajstić information content (AvgIpc) is 2.73. The Morgan fingerprint density at radius 2 is 2.40 bits per heavy atom. The first kappa shape index (κ1) is 9.82. The molecule has 6 nitrogen and oxygen atoms in total. The van der Waals surface area contributed by atoms with Gasteiger partial charge in [0.25, 0.3) is 0 Å². The molecule has 1 fully saturated rings. The highest BCUT2D eigenvalue weighted by atomic mass is 16.4. The molecule has 1 aliphatic heterocycles. The fraction of sp³-hybridized carbons (Fsp3) is 0.556. The molecule has 0 aliphatic carbocycles. The Morgan fingerprint density at radius 1 is 1.67 bits per heavy atom. The van der Waals surface area contributed by atoms with Gasteiger partial charge < -0.3 is 9.52 Å². The number of aryl methyl sites for hydroxylation is 1. The third kappa shape index (κ3) is 1.62. The fourth-order valence-electron chi connectivity index (χ4n) is 1.89. The molecule has 1 amide bonds. The third-order valence-corrected chi connectivity index (χ3v) is 2.64. The number of aromatic nitrogens is 1. The first-order chi connectivity index (χ1) is 7.09. The van der Waals surface area contributed by atoms with Crippen molar-refractivity contribution in [3.05, 3.63) is 22.5 Å². The molecule has 6 heteroatoms. The summed E-state index contributed by atoms with van der Waals surface area (Å²) in [6.45, 7) is 0.499. The van der Waals surface area contributed by atoms with Gasteiger partial charge in [0.2, 0.25) is 0 Å². The molecule has 1 saturated heterocycles. The highest BCUT2D eigenvalue weighted by Crippen LogP contribution is 2.30. The van der Waals surface area contributed by atoms with Crippen molar-refractivity contribution in [3.8, 4) is 0 Å². The largest absolute Gasteiger partial charge is 0.465 e. The molecule has 1 aromatic heterocycles. The zero-order valence-corrected chi connectivity index (χ0v) is 8.34. The van der Waals surface area contributed by atoms with Gasteiger partial charge in [-0.1, -0.05) is 0 Å². The summed E-state index contributed by atoms with van der Waals surface area (Å²) in [5.74, 6) is -0.0235. The van der Waals surface area contributed by atoms with Crippen LogP contribution in [0.15, 0.2) is 15.4 Å². The number of hydrogen-bond donors (Lipinski definition) is 1. The second kappa shape index (κ2) is 3.45. The number of likely N-dealkylation sites (tertiary alicyclic amines) is 1. The molecular formula is C9H12N2O4. The zero-order valence-electron chi connectivity index (χ0n) is 8.34. The summed E-state index contributed by atoms with van der Waals surface area (Å²) in [5.41, 5.74) is 0. The molecule has 2 rings (SSSR count). The Hall–Kier alpha value is -1.72. The maximum absolute atomic E-state index is 11.1. The summed E-state index contributed by atoms with van der Waals surface area (Å²) in [5, 5.41) is 8.92. The topological polar surface area (TPSA) is 75.7 Å². The van der Waals surface area contributed by atoms with E-state index in [0.29, 0.717) is 18.7 Å². The number of oxazole rings is 1. The summed E-state index contributed by atoms with van der Waals surface area (Å²) < 4.78 is 6.29. The van der Waals surface area contributed by atoms with E-state index in [1.807, 2.05) is 0 Å². The predicted molar refractivity (Wildman–Crippen MR) is 50.7 cm³/mol. The van der Waals surface area contributed by atoms with Gasteiger partial charge in [-0.3, -0.25) is 9.47 Å². The van der Waals surface area contributed by atoms with E-state index in [1.165, 1.54) is 9.47 Å². The van der Waals surface area contributed by atoms with Gasteiger partial charge in [-0.15, -0.1) is 0 Å². The third-order valence-electron chi connectivity index (χ3n) is 2.64. The van der Waals surface area contributed by atoms with Crippen LogP contribution in [0.1, 0.15) is 24.6 Å². The molecule has 1 aliphatic rings. The first-order valence-corrected chi connectivity index (χ1v) is 4.75. The van der Waals surface area contributed by atoms with Gasteiger partial charge in [0.1, 0.15) is 5.76 Å². The van der Waals surface area contributed by atoms with Crippen LogP contribution in [0.25, 0.3) is 0 Å². The second-order valence-electron chi connectivity index (χ2n) is 3.64. The number of rotatable bonds is 1. The maximum Gasteiger partial charge on any atom is 0.418 e. The Morgan fingerprint density at radius 3 is 2.93 bits per heavy atom. The van der Waals surface area contributed by atoms with Crippen molar-refractivity contribution < 1.29 is 14.3 Å². The Kier molecular flexibility index (Phi) is 2.26. The Balaban J connectivity index is 2.30. The van der Waals surface area contributed by atoms with Crippen molar-refractivity contribution >= 4 is 6.09 Å². The lowest BCUT2D eigenvalue weighted by Gasteiger charge is -2.18. The molecule has 15 heavy (non-hydrogen) atoms. The van der Waals surface area contributed by atoms with E-state index in [9.17, 15) is 9.59 Å². The van der Waals surface area contributed by atoms with Crippen LogP contribution < -0.4 is 5.76 Å². The zero-order chi connectivity index (χ0) is 11.0. The summed E-state index contributed by atoms with van der Waals surface area (Å²) in [6.07, 6.45) is 2.09. The number of hydrogen-bond acceptors (Lipinski definition) is 3. The molecule has 1 aromatic rings. The van der Waals surface area contributed by atoms with E-state index < -0.39 is 11.8 Å². The Labute approximate surface area is 85.7 Å². The summed E-state index contributed by atoms with van der Waals surface area (Å²) >= 11 is 0. The number of carboxylic acid groups (broad SMARTS) is 1. The first-order valence-electron chi connectivity index (χ1n) is 4.75. The lowest BCUT2D eigenvalue weighted by molar-refractivity contribution is 0.135. The normalized spacial score (nSPS) is 20.9. The number of nitrogens with zero attached hydrogens (tertiary/aromatic N) is 2. The number of amides is 1. The fourth-order valence-corrected chi connectivity index (χ4v) is 1.89. The van der Waals surface area contributed by atoms with Crippen LogP contribution in [-0.2, 0) is 7.05 Å². The van der Waals surface area contributed by atoms with Crippen molar-refractivity contribution in [1.29, 1.82) is 0 Å². The van der Waals surface area contributed by atoms with Gasteiger partial charge in [0.05, 0.1) is 12.2 Å². The van der Waals surface area contributed by atoms with E-state index in [0.717, 1.165) is 6.42 Å². The van der Waals surface area contributed by atoms with Crippen molar-refractivity contribution in [1.82, 2.24) is 9.47 Å². The molecule has 0 saturated carbocycles.